The standard InChI is InChI=1S/C24H22FN3O3S2/c1-3-20-27-28-24(33-20)21-22(29)19(32-23(21)26)12-14-8-9-17(18(11-14)30-4-2)31-13-15-6-5-7-16(25)10-15/h5-12,21,26H,3-4,13H2,1-2H3/b19-12-,26-23?/t21-/m0/s1. The maximum Gasteiger partial charge on any atom is 0.186 e. The lowest BCUT2D eigenvalue weighted by atomic mass is 10.1. The first-order chi connectivity index (χ1) is 16.0. The third kappa shape index (κ3) is 5.31. The lowest BCUT2D eigenvalue weighted by Gasteiger charge is -2.13. The van der Waals surface area contributed by atoms with Crippen LogP contribution >= 0.6 is 23.1 Å². The number of benzene rings is 2. The Bertz CT molecular complexity index is 1230. The number of hydrogen-bond acceptors (Lipinski definition) is 8. The summed E-state index contributed by atoms with van der Waals surface area (Å²) in [5, 5.41) is 18.2. The van der Waals surface area contributed by atoms with Crippen LogP contribution in [0.1, 0.15) is 40.9 Å². The molecule has 0 spiro atoms. The van der Waals surface area contributed by atoms with E-state index in [9.17, 15) is 9.18 Å². The zero-order chi connectivity index (χ0) is 23.4. The van der Waals surface area contributed by atoms with E-state index in [0.29, 0.717) is 33.6 Å². The van der Waals surface area contributed by atoms with E-state index in [1.54, 1.807) is 30.3 Å². The maximum atomic E-state index is 13.4. The van der Waals surface area contributed by atoms with Crippen molar-refractivity contribution in [2.75, 3.05) is 6.61 Å². The molecule has 0 unspecified atom stereocenters. The largest absolute Gasteiger partial charge is 0.490 e. The van der Waals surface area contributed by atoms with Crippen LogP contribution in [0.2, 0.25) is 0 Å². The van der Waals surface area contributed by atoms with Crippen LogP contribution in [0.4, 0.5) is 4.39 Å². The molecule has 0 radical (unpaired) electrons. The summed E-state index contributed by atoms with van der Waals surface area (Å²) < 4.78 is 25.0. The van der Waals surface area contributed by atoms with E-state index in [-0.39, 0.29) is 23.3 Å². The Morgan fingerprint density at radius 3 is 2.70 bits per heavy atom. The molecule has 0 aliphatic carbocycles. The molecule has 1 aromatic heterocycles. The van der Waals surface area contributed by atoms with Crippen LogP contribution in [0.5, 0.6) is 11.5 Å². The average molecular weight is 484 g/mol. The number of nitrogens with one attached hydrogen (secondary N) is 1. The predicted molar refractivity (Wildman–Crippen MR) is 129 cm³/mol. The van der Waals surface area contributed by atoms with Gasteiger partial charge >= 0.3 is 0 Å². The molecular weight excluding hydrogens is 461 g/mol. The minimum atomic E-state index is -0.681. The average Bonchev–Trinajstić information content (AvgIpc) is 3.37. The highest BCUT2D eigenvalue weighted by Crippen LogP contribution is 2.42. The quantitative estimate of drug-likeness (QED) is 0.418. The van der Waals surface area contributed by atoms with E-state index in [1.807, 2.05) is 19.9 Å². The van der Waals surface area contributed by atoms with Crippen molar-refractivity contribution in [2.24, 2.45) is 0 Å². The molecule has 1 N–H and O–H groups in total. The summed E-state index contributed by atoms with van der Waals surface area (Å²) in [6.07, 6.45) is 2.50. The number of nitrogens with zero attached hydrogens (tertiary/aromatic N) is 2. The molecule has 2 heterocycles. The lowest BCUT2D eigenvalue weighted by molar-refractivity contribution is -0.114. The highest BCUT2D eigenvalue weighted by atomic mass is 32.2. The fourth-order valence-corrected chi connectivity index (χ4v) is 5.23. The molecule has 0 amide bonds. The van der Waals surface area contributed by atoms with Crippen molar-refractivity contribution >= 4 is 40.0 Å². The van der Waals surface area contributed by atoms with Crippen LogP contribution in [-0.4, -0.2) is 27.6 Å². The first-order valence-corrected chi connectivity index (χ1v) is 12.1. The normalized spacial score (nSPS) is 17.1. The van der Waals surface area contributed by atoms with E-state index in [2.05, 4.69) is 10.2 Å². The number of rotatable bonds is 8. The molecule has 6 nitrogen and oxygen atoms in total. The minimum absolute atomic E-state index is 0.145. The molecule has 170 valence electrons. The smallest absolute Gasteiger partial charge is 0.186 e. The first-order valence-electron chi connectivity index (χ1n) is 10.5. The van der Waals surface area contributed by atoms with Gasteiger partial charge in [-0.3, -0.25) is 10.2 Å². The Balaban J connectivity index is 1.54. The molecule has 0 bridgehead atoms. The number of carbonyl (C=O) groups excluding carboxylic acids is 1. The number of aromatic nitrogens is 2. The second-order valence-electron chi connectivity index (χ2n) is 7.22. The molecule has 2 aromatic carbocycles. The number of carbonyl (C=O) groups is 1. The van der Waals surface area contributed by atoms with Crippen molar-refractivity contribution in [2.45, 2.75) is 32.8 Å². The van der Waals surface area contributed by atoms with Crippen molar-refractivity contribution in [3.63, 3.8) is 0 Å². The highest BCUT2D eigenvalue weighted by molar-refractivity contribution is 8.19. The second-order valence-corrected chi connectivity index (χ2v) is 9.39. The summed E-state index contributed by atoms with van der Waals surface area (Å²) >= 11 is 2.52. The number of Topliss-reactive ketones (excluding diaryl/α,β-unsaturated/α-hetero) is 1. The van der Waals surface area contributed by atoms with Gasteiger partial charge in [0.25, 0.3) is 0 Å². The highest BCUT2D eigenvalue weighted by Gasteiger charge is 2.39. The zero-order valence-corrected chi connectivity index (χ0v) is 19.8. The second kappa shape index (κ2) is 10.3. The van der Waals surface area contributed by atoms with Gasteiger partial charge in [-0.1, -0.05) is 36.9 Å². The Labute approximate surface area is 199 Å². The number of ketones is 1. The van der Waals surface area contributed by atoms with Gasteiger partial charge < -0.3 is 9.47 Å². The van der Waals surface area contributed by atoms with Crippen LogP contribution in [-0.2, 0) is 17.8 Å². The number of halogens is 1. The molecule has 0 saturated carbocycles. The minimum Gasteiger partial charge on any atom is -0.490 e. The van der Waals surface area contributed by atoms with Crippen LogP contribution in [0, 0.1) is 11.2 Å². The van der Waals surface area contributed by atoms with Gasteiger partial charge in [0.15, 0.2) is 17.3 Å². The summed E-state index contributed by atoms with van der Waals surface area (Å²) in [6, 6.07) is 11.6. The fraction of sp³-hybridized carbons (Fsp3) is 0.250. The summed E-state index contributed by atoms with van der Waals surface area (Å²) in [7, 11) is 0. The molecule has 1 atom stereocenters. The number of allylic oxidation sites excluding steroid dienone is 1. The van der Waals surface area contributed by atoms with Gasteiger partial charge in [-0.25, -0.2) is 4.39 Å². The summed E-state index contributed by atoms with van der Waals surface area (Å²) in [5.41, 5.74) is 1.47. The van der Waals surface area contributed by atoms with Crippen molar-refractivity contribution in [3.8, 4) is 11.5 Å². The van der Waals surface area contributed by atoms with Gasteiger partial charge in [0.1, 0.15) is 28.4 Å². The van der Waals surface area contributed by atoms with Gasteiger partial charge in [-0.15, -0.1) is 21.5 Å². The molecule has 9 heteroatoms. The lowest BCUT2D eigenvalue weighted by Crippen LogP contribution is -2.11. The molecule has 1 aliphatic heterocycles. The molecule has 3 aromatic rings. The van der Waals surface area contributed by atoms with Gasteiger partial charge in [0.2, 0.25) is 0 Å². The van der Waals surface area contributed by atoms with E-state index >= 15 is 0 Å². The third-order valence-electron chi connectivity index (χ3n) is 4.87. The monoisotopic (exact) mass is 483 g/mol. The van der Waals surface area contributed by atoms with Crippen molar-refractivity contribution < 1.29 is 18.7 Å². The predicted octanol–water partition coefficient (Wildman–Crippen LogP) is 5.64. The summed E-state index contributed by atoms with van der Waals surface area (Å²) in [5.74, 6) is -0.0834. The molecule has 1 saturated heterocycles. The maximum absolute atomic E-state index is 13.4. The molecular formula is C24H22FN3O3S2. The van der Waals surface area contributed by atoms with E-state index in [0.717, 1.165) is 28.8 Å². The molecule has 1 aliphatic rings. The third-order valence-corrected chi connectivity index (χ3v) is 6.99. The van der Waals surface area contributed by atoms with Crippen LogP contribution in [0.15, 0.2) is 47.4 Å². The van der Waals surface area contributed by atoms with Gasteiger partial charge in [0, 0.05) is 0 Å². The first kappa shape index (κ1) is 23.1. The fourth-order valence-electron chi connectivity index (χ4n) is 3.28. The van der Waals surface area contributed by atoms with Crippen LogP contribution in [0.25, 0.3) is 6.08 Å². The van der Waals surface area contributed by atoms with Gasteiger partial charge in [-0.2, -0.15) is 0 Å². The number of aryl methyl sites for hydroxylation is 1. The Hall–Kier alpha value is -3.04. The summed E-state index contributed by atoms with van der Waals surface area (Å²) in [6.45, 7) is 4.49. The van der Waals surface area contributed by atoms with Crippen molar-refractivity contribution in [1.82, 2.24) is 10.2 Å². The van der Waals surface area contributed by atoms with Crippen LogP contribution in [0.3, 0.4) is 0 Å². The van der Waals surface area contributed by atoms with E-state index in [1.165, 1.54) is 23.5 Å². The van der Waals surface area contributed by atoms with Crippen molar-refractivity contribution in [3.05, 3.63) is 74.3 Å². The number of hydrogen-bond donors (Lipinski definition) is 1. The van der Waals surface area contributed by atoms with Crippen molar-refractivity contribution in [1.29, 1.82) is 5.41 Å². The van der Waals surface area contributed by atoms with Gasteiger partial charge in [0.05, 0.1) is 16.6 Å². The number of ether oxygens (including phenoxy) is 2. The molecule has 1 fully saturated rings. The Morgan fingerprint density at radius 1 is 1.12 bits per heavy atom. The van der Waals surface area contributed by atoms with Crippen LogP contribution < -0.4 is 9.47 Å². The topological polar surface area (TPSA) is 85.2 Å². The van der Waals surface area contributed by atoms with E-state index in [4.69, 9.17) is 14.9 Å². The van der Waals surface area contributed by atoms with Gasteiger partial charge in [-0.05, 0) is 54.8 Å². The van der Waals surface area contributed by atoms with E-state index < -0.39 is 5.92 Å². The number of thioether (sulfide) groups is 1. The zero-order valence-electron chi connectivity index (χ0n) is 18.1. The molecule has 4 rings (SSSR count). The molecule has 33 heavy (non-hydrogen) atoms. The Morgan fingerprint density at radius 2 is 1.97 bits per heavy atom. The SMILES string of the molecule is CCOc1cc(/C=C2\SC(=N)[C@@H](c3nnc(CC)s3)C2=O)ccc1OCc1cccc(F)c1. The summed E-state index contributed by atoms with van der Waals surface area (Å²) in [4.78, 5) is 13.5. The Kier molecular flexibility index (Phi) is 7.20.